The Bertz CT molecular complexity index is 965. The molecule has 3 aromatic carbocycles. The van der Waals surface area contributed by atoms with E-state index in [1.807, 2.05) is 54.6 Å². The zero-order valence-electron chi connectivity index (χ0n) is 15.9. The van der Waals surface area contributed by atoms with Crippen molar-refractivity contribution in [2.24, 2.45) is 0 Å². The summed E-state index contributed by atoms with van der Waals surface area (Å²) in [5, 5.41) is 1.87. The van der Waals surface area contributed by atoms with Crippen LogP contribution < -0.4 is 4.74 Å². The molecule has 0 aliphatic heterocycles. The maximum Gasteiger partial charge on any atom is 0.337 e. The van der Waals surface area contributed by atoms with Gasteiger partial charge in [-0.15, -0.1) is 0 Å². The van der Waals surface area contributed by atoms with Gasteiger partial charge in [0.25, 0.3) is 0 Å². The van der Waals surface area contributed by atoms with Crippen LogP contribution in [-0.4, -0.2) is 25.7 Å². The molecule has 0 aromatic heterocycles. The van der Waals surface area contributed by atoms with E-state index in [1.165, 1.54) is 7.11 Å². The molecule has 3 aromatic rings. The van der Waals surface area contributed by atoms with E-state index in [0.717, 1.165) is 21.9 Å². The average molecular weight is 378 g/mol. The van der Waals surface area contributed by atoms with Crippen LogP contribution in [0.25, 0.3) is 10.8 Å². The van der Waals surface area contributed by atoms with Crippen molar-refractivity contribution in [1.29, 1.82) is 0 Å². The third-order valence-corrected chi connectivity index (χ3v) is 4.45. The predicted octanol–water partition coefficient (Wildman–Crippen LogP) is 4.24. The van der Waals surface area contributed by atoms with Gasteiger partial charge in [0.05, 0.1) is 19.6 Å². The highest BCUT2D eigenvalue weighted by atomic mass is 16.6. The Balaban J connectivity index is 1.60. The summed E-state index contributed by atoms with van der Waals surface area (Å²) in [5.41, 5.74) is 1.87. The summed E-state index contributed by atoms with van der Waals surface area (Å²) in [5.74, 6) is -0.616. The maximum atomic E-state index is 12.0. The number of hydrogen-bond acceptors (Lipinski definition) is 5. The van der Waals surface area contributed by atoms with Crippen LogP contribution >= 0.6 is 0 Å². The van der Waals surface area contributed by atoms with Crippen LogP contribution in [0.15, 0.2) is 66.7 Å². The third kappa shape index (κ3) is 4.96. The minimum atomic E-state index is -0.453. The van der Waals surface area contributed by atoms with E-state index in [-0.39, 0.29) is 18.5 Å². The summed E-state index contributed by atoms with van der Waals surface area (Å²) >= 11 is 0. The predicted molar refractivity (Wildman–Crippen MR) is 106 cm³/mol. The van der Waals surface area contributed by atoms with E-state index in [1.54, 1.807) is 19.1 Å². The van der Waals surface area contributed by atoms with Gasteiger partial charge < -0.3 is 14.2 Å². The summed E-state index contributed by atoms with van der Waals surface area (Å²) < 4.78 is 15.5. The molecule has 3 rings (SSSR count). The van der Waals surface area contributed by atoms with E-state index in [0.29, 0.717) is 12.4 Å². The molecule has 1 atom stereocenters. The van der Waals surface area contributed by atoms with E-state index in [2.05, 4.69) is 0 Å². The van der Waals surface area contributed by atoms with E-state index >= 15 is 0 Å². The molecule has 0 amide bonds. The fourth-order valence-corrected chi connectivity index (χ4v) is 2.88. The maximum absolute atomic E-state index is 12.0. The summed E-state index contributed by atoms with van der Waals surface area (Å²) in [6.45, 7) is 2.04. The molecular weight excluding hydrogens is 356 g/mol. The lowest BCUT2D eigenvalue weighted by atomic mass is 9.98. The largest absolute Gasteiger partial charge is 0.469 e. The highest BCUT2D eigenvalue weighted by Gasteiger charge is 2.16. The van der Waals surface area contributed by atoms with Gasteiger partial charge in [-0.3, -0.25) is 4.79 Å². The monoisotopic (exact) mass is 378 g/mol. The van der Waals surface area contributed by atoms with Crippen molar-refractivity contribution in [3.8, 4) is 5.75 Å². The Morgan fingerprint density at radius 2 is 1.64 bits per heavy atom. The summed E-state index contributed by atoms with van der Waals surface area (Å²) in [4.78, 5) is 23.7. The first-order chi connectivity index (χ1) is 13.6. The van der Waals surface area contributed by atoms with Gasteiger partial charge in [-0.1, -0.05) is 54.6 Å². The van der Waals surface area contributed by atoms with Crippen molar-refractivity contribution < 1.29 is 23.8 Å². The standard InChI is InChI=1S/C23H22O5/c1-16(23(25)26-2)18-8-9-20-13-21(11-10-19(20)12-18)28-22(24)15-27-14-17-6-4-3-5-7-17/h3-13,16H,14-15H2,1-2H3/t16-/m0/s1. The lowest BCUT2D eigenvalue weighted by Gasteiger charge is -2.11. The average Bonchev–Trinajstić information content (AvgIpc) is 2.73. The van der Waals surface area contributed by atoms with Gasteiger partial charge in [-0.2, -0.15) is 0 Å². The molecule has 0 heterocycles. The molecule has 0 aliphatic rings. The van der Waals surface area contributed by atoms with Crippen LogP contribution in [0.3, 0.4) is 0 Å². The van der Waals surface area contributed by atoms with Gasteiger partial charge in [-0.25, -0.2) is 4.79 Å². The van der Waals surface area contributed by atoms with Gasteiger partial charge in [0.15, 0.2) is 0 Å². The lowest BCUT2D eigenvalue weighted by molar-refractivity contribution is -0.142. The Labute approximate surface area is 163 Å². The van der Waals surface area contributed by atoms with Crippen LogP contribution in [0.1, 0.15) is 24.0 Å². The normalized spacial score (nSPS) is 11.8. The number of carbonyl (C=O) groups excluding carboxylic acids is 2. The highest BCUT2D eigenvalue weighted by molar-refractivity contribution is 5.87. The molecule has 0 aliphatic carbocycles. The number of esters is 2. The van der Waals surface area contributed by atoms with E-state index in [9.17, 15) is 9.59 Å². The molecule has 0 bridgehead atoms. The lowest BCUT2D eigenvalue weighted by Crippen LogP contribution is -2.15. The molecule has 5 heteroatoms. The number of carbonyl (C=O) groups is 2. The van der Waals surface area contributed by atoms with Gasteiger partial charge in [0, 0.05) is 0 Å². The van der Waals surface area contributed by atoms with Gasteiger partial charge in [0.1, 0.15) is 12.4 Å². The zero-order valence-corrected chi connectivity index (χ0v) is 15.9. The van der Waals surface area contributed by atoms with Crippen molar-refractivity contribution in [1.82, 2.24) is 0 Å². The molecule has 0 spiro atoms. The van der Waals surface area contributed by atoms with E-state index in [4.69, 9.17) is 14.2 Å². The fourth-order valence-electron chi connectivity index (χ4n) is 2.88. The first-order valence-electron chi connectivity index (χ1n) is 9.00. The minimum absolute atomic E-state index is 0.123. The Hall–Kier alpha value is -3.18. The van der Waals surface area contributed by atoms with Crippen LogP contribution in [0.5, 0.6) is 5.75 Å². The van der Waals surface area contributed by atoms with Crippen molar-refractivity contribution in [2.75, 3.05) is 13.7 Å². The topological polar surface area (TPSA) is 61.8 Å². The van der Waals surface area contributed by atoms with Crippen molar-refractivity contribution in [3.05, 3.63) is 77.9 Å². The Morgan fingerprint density at radius 1 is 0.929 bits per heavy atom. The molecule has 5 nitrogen and oxygen atoms in total. The number of rotatable bonds is 7. The SMILES string of the molecule is COC(=O)[C@@H](C)c1ccc2cc(OC(=O)COCc3ccccc3)ccc2c1. The molecule has 144 valence electrons. The van der Waals surface area contributed by atoms with Crippen molar-refractivity contribution in [3.63, 3.8) is 0 Å². The minimum Gasteiger partial charge on any atom is -0.469 e. The van der Waals surface area contributed by atoms with Gasteiger partial charge in [0.2, 0.25) is 0 Å². The summed E-state index contributed by atoms with van der Waals surface area (Å²) in [6.07, 6.45) is 0. The van der Waals surface area contributed by atoms with E-state index < -0.39 is 5.97 Å². The second kappa shape index (κ2) is 9.15. The van der Waals surface area contributed by atoms with Crippen LogP contribution in [0.4, 0.5) is 0 Å². The van der Waals surface area contributed by atoms with Gasteiger partial charge in [-0.05, 0) is 41.0 Å². The number of benzene rings is 3. The van der Waals surface area contributed by atoms with Crippen molar-refractivity contribution in [2.45, 2.75) is 19.4 Å². The molecule has 28 heavy (non-hydrogen) atoms. The number of methoxy groups -OCH3 is 1. The fraction of sp³-hybridized carbons (Fsp3) is 0.217. The number of hydrogen-bond donors (Lipinski definition) is 0. The molecule has 0 saturated heterocycles. The summed E-state index contributed by atoms with van der Waals surface area (Å²) in [7, 11) is 1.38. The summed E-state index contributed by atoms with van der Waals surface area (Å²) in [6, 6.07) is 20.7. The Morgan fingerprint density at radius 3 is 2.39 bits per heavy atom. The molecule has 0 N–H and O–H groups in total. The molecule has 0 saturated carbocycles. The van der Waals surface area contributed by atoms with Crippen LogP contribution in [-0.2, 0) is 25.7 Å². The Kier molecular flexibility index (Phi) is 6.40. The first-order valence-corrected chi connectivity index (χ1v) is 9.00. The second-order valence-corrected chi connectivity index (χ2v) is 6.47. The third-order valence-electron chi connectivity index (χ3n) is 4.45. The molecule has 0 fully saturated rings. The first kappa shape index (κ1) is 19.6. The zero-order chi connectivity index (χ0) is 19.9. The second-order valence-electron chi connectivity index (χ2n) is 6.47. The number of ether oxygens (including phenoxy) is 3. The quantitative estimate of drug-likeness (QED) is 0.455. The van der Waals surface area contributed by atoms with Gasteiger partial charge >= 0.3 is 11.9 Å². The highest BCUT2D eigenvalue weighted by Crippen LogP contribution is 2.26. The molecule has 0 radical (unpaired) electrons. The molecular formula is C23H22O5. The van der Waals surface area contributed by atoms with Crippen LogP contribution in [0, 0.1) is 0 Å². The molecule has 0 unspecified atom stereocenters. The van der Waals surface area contributed by atoms with Crippen LogP contribution in [0.2, 0.25) is 0 Å². The smallest absolute Gasteiger partial charge is 0.337 e. The number of fused-ring (bicyclic) bond motifs is 1. The van der Waals surface area contributed by atoms with Crippen molar-refractivity contribution >= 4 is 22.7 Å².